The first-order chi connectivity index (χ1) is 7.65. The topological polar surface area (TPSA) is 64.3 Å². The van der Waals surface area contributed by atoms with Crippen molar-refractivity contribution >= 4 is 11.7 Å². The molecule has 0 saturated heterocycles. The van der Waals surface area contributed by atoms with E-state index in [1.54, 1.807) is 11.8 Å². The fraction of sp³-hybridized carbons (Fsp3) is 0.333. The molecule has 1 atom stereocenters. The van der Waals surface area contributed by atoms with Crippen molar-refractivity contribution in [2.75, 3.05) is 11.4 Å². The molecule has 0 amide bonds. The Morgan fingerprint density at radius 1 is 1.50 bits per heavy atom. The lowest BCUT2D eigenvalue weighted by Gasteiger charge is -2.26. The van der Waals surface area contributed by atoms with E-state index in [0.717, 1.165) is 5.69 Å². The van der Waals surface area contributed by atoms with Gasteiger partial charge in [-0.05, 0) is 19.1 Å². The van der Waals surface area contributed by atoms with Gasteiger partial charge < -0.3 is 10.0 Å². The quantitative estimate of drug-likeness (QED) is 0.819. The van der Waals surface area contributed by atoms with Crippen LogP contribution in [0.15, 0.2) is 30.3 Å². The minimum atomic E-state index is -0.855. The van der Waals surface area contributed by atoms with Gasteiger partial charge in [-0.2, -0.15) is 5.26 Å². The van der Waals surface area contributed by atoms with Crippen LogP contribution in [0.5, 0.6) is 0 Å². The SMILES string of the molecule is CC(C#N)N(CCC(=O)O)c1ccccc1. The van der Waals surface area contributed by atoms with Gasteiger partial charge in [0.05, 0.1) is 12.5 Å². The van der Waals surface area contributed by atoms with Crippen LogP contribution in [-0.4, -0.2) is 23.7 Å². The van der Waals surface area contributed by atoms with Crippen molar-refractivity contribution in [3.63, 3.8) is 0 Å². The molecule has 16 heavy (non-hydrogen) atoms. The number of nitrogens with zero attached hydrogens (tertiary/aromatic N) is 2. The summed E-state index contributed by atoms with van der Waals surface area (Å²) < 4.78 is 0. The third-order valence-electron chi connectivity index (χ3n) is 2.31. The number of benzene rings is 1. The molecule has 1 unspecified atom stereocenters. The lowest BCUT2D eigenvalue weighted by atomic mass is 10.2. The van der Waals surface area contributed by atoms with E-state index in [0.29, 0.717) is 6.54 Å². The summed E-state index contributed by atoms with van der Waals surface area (Å²) in [6.07, 6.45) is 0.0287. The number of para-hydroxylation sites is 1. The number of aliphatic carboxylic acids is 1. The monoisotopic (exact) mass is 218 g/mol. The molecule has 1 N–H and O–H groups in total. The number of carboxylic acid groups (broad SMARTS) is 1. The summed E-state index contributed by atoms with van der Waals surface area (Å²) in [6.45, 7) is 2.10. The zero-order valence-corrected chi connectivity index (χ0v) is 9.13. The van der Waals surface area contributed by atoms with Gasteiger partial charge in [0.2, 0.25) is 0 Å². The van der Waals surface area contributed by atoms with Crippen LogP contribution in [0.1, 0.15) is 13.3 Å². The van der Waals surface area contributed by atoms with E-state index in [2.05, 4.69) is 6.07 Å². The van der Waals surface area contributed by atoms with Crippen LogP contribution in [0.3, 0.4) is 0 Å². The van der Waals surface area contributed by atoms with Gasteiger partial charge in [-0.1, -0.05) is 18.2 Å². The Hall–Kier alpha value is -2.02. The van der Waals surface area contributed by atoms with Gasteiger partial charge in [0.25, 0.3) is 0 Å². The lowest BCUT2D eigenvalue weighted by Crippen LogP contribution is -2.33. The van der Waals surface area contributed by atoms with E-state index in [1.807, 2.05) is 30.3 Å². The van der Waals surface area contributed by atoms with Gasteiger partial charge in [-0.3, -0.25) is 4.79 Å². The first kappa shape index (κ1) is 12.1. The largest absolute Gasteiger partial charge is 0.481 e. The smallest absolute Gasteiger partial charge is 0.305 e. The van der Waals surface area contributed by atoms with Crippen molar-refractivity contribution in [2.45, 2.75) is 19.4 Å². The molecule has 0 spiro atoms. The molecule has 0 radical (unpaired) electrons. The van der Waals surface area contributed by atoms with Crippen molar-refractivity contribution in [1.82, 2.24) is 0 Å². The zero-order valence-electron chi connectivity index (χ0n) is 9.13. The van der Waals surface area contributed by atoms with Crippen LogP contribution in [0, 0.1) is 11.3 Å². The molecule has 0 bridgehead atoms. The summed E-state index contributed by atoms with van der Waals surface area (Å²) in [6, 6.07) is 11.2. The van der Waals surface area contributed by atoms with Crippen LogP contribution in [0.25, 0.3) is 0 Å². The van der Waals surface area contributed by atoms with Crippen molar-refractivity contribution in [1.29, 1.82) is 5.26 Å². The standard InChI is InChI=1S/C12H14N2O2/c1-10(9-13)14(8-7-12(15)16)11-5-3-2-4-6-11/h2-6,10H,7-8H2,1H3,(H,15,16). The Balaban J connectivity index is 2.80. The van der Waals surface area contributed by atoms with E-state index in [1.165, 1.54) is 0 Å². The highest BCUT2D eigenvalue weighted by molar-refractivity contribution is 5.67. The Morgan fingerprint density at radius 3 is 2.62 bits per heavy atom. The van der Waals surface area contributed by atoms with Gasteiger partial charge in [0.1, 0.15) is 6.04 Å². The third-order valence-corrected chi connectivity index (χ3v) is 2.31. The van der Waals surface area contributed by atoms with Crippen LogP contribution < -0.4 is 4.90 Å². The molecular formula is C12H14N2O2. The van der Waals surface area contributed by atoms with E-state index >= 15 is 0 Å². The molecule has 0 aliphatic carbocycles. The maximum absolute atomic E-state index is 10.5. The molecule has 84 valence electrons. The zero-order chi connectivity index (χ0) is 12.0. The van der Waals surface area contributed by atoms with E-state index in [9.17, 15) is 4.79 Å². The molecule has 0 aliphatic rings. The van der Waals surface area contributed by atoms with Crippen molar-refractivity contribution in [3.05, 3.63) is 30.3 Å². The van der Waals surface area contributed by atoms with Crippen LogP contribution in [0.2, 0.25) is 0 Å². The molecule has 1 aromatic rings. The second-order valence-corrected chi connectivity index (χ2v) is 3.48. The highest BCUT2D eigenvalue weighted by atomic mass is 16.4. The average molecular weight is 218 g/mol. The van der Waals surface area contributed by atoms with Gasteiger partial charge in [0, 0.05) is 12.2 Å². The molecule has 4 nitrogen and oxygen atoms in total. The summed E-state index contributed by atoms with van der Waals surface area (Å²) >= 11 is 0. The molecule has 0 aliphatic heterocycles. The summed E-state index contributed by atoms with van der Waals surface area (Å²) in [5.74, 6) is -0.855. The second-order valence-electron chi connectivity index (χ2n) is 3.48. The molecule has 0 fully saturated rings. The fourth-order valence-electron chi connectivity index (χ4n) is 1.45. The van der Waals surface area contributed by atoms with Crippen molar-refractivity contribution in [3.8, 4) is 6.07 Å². The van der Waals surface area contributed by atoms with E-state index < -0.39 is 5.97 Å². The van der Waals surface area contributed by atoms with Gasteiger partial charge in [-0.25, -0.2) is 0 Å². The number of nitriles is 1. The number of anilines is 1. The predicted molar refractivity (Wildman–Crippen MR) is 61.1 cm³/mol. The number of carbonyl (C=O) groups is 1. The summed E-state index contributed by atoms with van der Waals surface area (Å²) in [5, 5.41) is 17.5. The summed E-state index contributed by atoms with van der Waals surface area (Å²) in [7, 11) is 0. The number of carboxylic acids is 1. The normalized spacial score (nSPS) is 11.5. The minimum absolute atomic E-state index is 0.0287. The Bertz CT molecular complexity index is 384. The maximum atomic E-state index is 10.5. The average Bonchev–Trinajstić information content (AvgIpc) is 2.30. The van der Waals surface area contributed by atoms with Crippen LogP contribution in [-0.2, 0) is 4.79 Å². The highest BCUT2D eigenvalue weighted by Crippen LogP contribution is 2.16. The number of hydrogen-bond donors (Lipinski definition) is 1. The Morgan fingerprint density at radius 2 is 2.12 bits per heavy atom. The minimum Gasteiger partial charge on any atom is -0.481 e. The Labute approximate surface area is 94.7 Å². The maximum Gasteiger partial charge on any atom is 0.305 e. The highest BCUT2D eigenvalue weighted by Gasteiger charge is 2.14. The molecule has 0 aromatic heterocycles. The second kappa shape index (κ2) is 5.76. The summed E-state index contributed by atoms with van der Waals surface area (Å²) in [4.78, 5) is 12.3. The van der Waals surface area contributed by atoms with E-state index in [-0.39, 0.29) is 12.5 Å². The third kappa shape index (κ3) is 3.28. The van der Waals surface area contributed by atoms with E-state index in [4.69, 9.17) is 10.4 Å². The molecule has 0 heterocycles. The summed E-state index contributed by atoms with van der Waals surface area (Å²) in [5.41, 5.74) is 0.873. The Kier molecular flexibility index (Phi) is 4.34. The lowest BCUT2D eigenvalue weighted by molar-refractivity contribution is -0.136. The molecule has 4 heteroatoms. The van der Waals surface area contributed by atoms with Crippen LogP contribution >= 0.6 is 0 Å². The molecular weight excluding hydrogens is 204 g/mol. The van der Waals surface area contributed by atoms with Crippen molar-refractivity contribution < 1.29 is 9.90 Å². The van der Waals surface area contributed by atoms with Crippen molar-refractivity contribution in [2.24, 2.45) is 0 Å². The fourth-order valence-corrected chi connectivity index (χ4v) is 1.45. The van der Waals surface area contributed by atoms with Gasteiger partial charge in [-0.15, -0.1) is 0 Å². The van der Waals surface area contributed by atoms with Crippen LogP contribution in [0.4, 0.5) is 5.69 Å². The number of rotatable bonds is 5. The number of hydrogen-bond acceptors (Lipinski definition) is 3. The molecule has 1 rings (SSSR count). The van der Waals surface area contributed by atoms with Gasteiger partial charge >= 0.3 is 5.97 Å². The molecule has 0 saturated carbocycles. The first-order valence-corrected chi connectivity index (χ1v) is 5.08. The predicted octanol–water partition coefficient (Wildman–Crippen LogP) is 1.88. The molecule has 1 aromatic carbocycles. The first-order valence-electron chi connectivity index (χ1n) is 5.08. The van der Waals surface area contributed by atoms with Gasteiger partial charge in [0.15, 0.2) is 0 Å².